The number of phenolic OH excluding ortho intramolecular Hbond substituents is 1. The molecule has 0 saturated carbocycles. The fraction of sp³-hybridized carbons (Fsp3) is 0.143. The minimum Gasteiger partial charge on any atom is -0.508 e. The second-order valence-corrected chi connectivity index (χ2v) is 4.05. The van der Waals surface area contributed by atoms with Crippen LogP contribution in [-0.2, 0) is 6.42 Å². The number of aromatic hydroxyl groups is 1. The highest BCUT2D eigenvalue weighted by atomic mass is 16.3. The Hall–Kier alpha value is -1.96. The van der Waals surface area contributed by atoms with E-state index in [1.807, 2.05) is 6.07 Å². The zero-order chi connectivity index (χ0) is 11.5. The Labute approximate surface area is 95.4 Å². The second kappa shape index (κ2) is 4.27. The van der Waals surface area contributed by atoms with Crippen molar-refractivity contribution in [2.24, 2.45) is 0 Å². The van der Waals surface area contributed by atoms with Gasteiger partial charge in [-0.2, -0.15) is 0 Å². The van der Waals surface area contributed by atoms with E-state index < -0.39 is 0 Å². The third-order valence-electron chi connectivity index (χ3n) is 2.64. The van der Waals surface area contributed by atoms with Gasteiger partial charge in [0.2, 0.25) is 0 Å². The topological polar surface area (TPSA) is 46.2 Å². The molecule has 2 nitrogen and oxygen atoms in total. The molecule has 0 bridgehead atoms. The van der Waals surface area contributed by atoms with E-state index in [-0.39, 0.29) is 5.75 Å². The van der Waals surface area contributed by atoms with Crippen LogP contribution >= 0.6 is 0 Å². The number of aryl methyl sites for hydroxylation is 1. The van der Waals surface area contributed by atoms with Gasteiger partial charge in [-0.25, -0.2) is 0 Å². The predicted octanol–water partition coefficient (Wildman–Crippen LogP) is 2.87. The molecule has 0 aliphatic carbocycles. The van der Waals surface area contributed by atoms with Gasteiger partial charge in [0.15, 0.2) is 0 Å². The Bertz CT molecular complexity index is 489. The van der Waals surface area contributed by atoms with Gasteiger partial charge in [-0.1, -0.05) is 35.9 Å². The van der Waals surface area contributed by atoms with E-state index in [4.69, 9.17) is 5.73 Å². The highest BCUT2D eigenvalue weighted by Crippen LogP contribution is 2.21. The van der Waals surface area contributed by atoms with Crippen LogP contribution in [-0.4, -0.2) is 5.11 Å². The van der Waals surface area contributed by atoms with Crippen LogP contribution in [0.5, 0.6) is 5.75 Å². The van der Waals surface area contributed by atoms with E-state index >= 15 is 0 Å². The van der Waals surface area contributed by atoms with Crippen LogP contribution in [0, 0.1) is 6.92 Å². The molecular formula is C14H15NO. The van der Waals surface area contributed by atoms with Crippen LogP contribution in [0.4, 0.5) is 5.69 Å². The number of hydrogen-bond donors (Lipinski definition) is 2. The molecule has 0 saturated heterocycles. The van der Waals surface area contributed by atoms with Crippen molar-refractivity contribution < 1.29 is 5.11 Å². The van der Waals surface area contributed by atoms with Crippen LogP contribution in [0.1, 0.15) is 16.7 Å². The number of benzene rings is 2. The first kappa shape index (κ1) is 10.6. The van der Waals surface area contributed by atoms with Gasteiger partial charge in [-0.05, 0) is 30.5 Å². The van der Waals surface area contributed by atoms with Gasteiger partial charge >= 0.3 is 0 Å². The molecule has 0 spiro atoms. The third kappa shape index (κ3) is 2.34. The molecule has 3 N–H and O–H groups in total. The summed E-state index contributed by atoms with van der Waals surface area (Å²) in [6, 6.07) is 13.5. The monoisotopic (exact) mass is 213 g/mol. The fourth-order valence-electron chi connectivity index (χ4n) is 1.67. The van der Waals surface area contributed by atoms with E-state index in [1.165, 1.54) is 11.1 Å². The van der Waals surface area contributed by atoms with Crippen molar-refractivity contribution in [3.05, 3.63) is 59.2 Å². The first-order valence-electron chi connectivity index (χ1n) is 5.28. The van der Waals surface area contributed by atoms with Crippen molar-refractivity contribution in [2.75, 3.05) is 5.73 Å². The maximum Gasteiger partial charge on any atom is 0.117 e. The standard InChI is InChI=1S/C14H15NO/c1-10-2-4-11(5-3-10)8-12-6-7-13(16)9-14(12)15/h2-7,9,16H,8,15H2,1H3. The van der Waals surface area contributed by atoms with Crippen molar-refractivity contribution >= 4 is 5.69 Å². The lowest BCUT2D eigenvalue weighted by molar-refractivity contribution is 0.475. The lowest BCUT2D eigenvalue weighted by Crippen LogP contribution is -1.95. The number of hydrogen-bond acceptors (Lipinski definition) is 2. The maximum atomic E-state index is 9.26. The summed E-state index contributed by atoms with van der Waals surface area (Å²) in [5, 5.41) is 9.26. The van der Waals surface area contributed by atoms with Gasteiger partial charge in [-0.3, -0.25) is 0 Å². The van der Waals surface area contributed by atoms with Crippen molar-refractivity contribution in [3.8, 4) is 5.75 Å². The van der Waals surface area contributed by atoms with Crippen LogP contribution in [0.2, 0.25) is 0 Å². The summed E-state index contributed by atoms with van der Waals surface area (Å²) >= 11 is 0. The van der Waals surface area contributed by atoms with Crippen LogP contribution < -0.4 is 5.73 Å². The van der Waals surface area contributed by atoms with Crippen molar-refractivity contribution in [1.82, 2.24) is 0 Å². The second-order valence-electron chi connectivity index (χ2n) is 4.05. The van der Waals surface area contributed by atoms with Gasteiger partial charge in [0.1, 0.15) is 5.75 Å². The molecule has 2 heteroatoms. The predicted molar refractivity (Wildman–Crippen MR) is 66.5 cm³/mol. The average molecular weight is 213 g/mol. The molecule has 0 unspecified atom stereocenters. The number of nitrogens with two attached hydrogens (primary N) is 1. The summed E-state index contributed by atoms with van der Waals surface area (Å²) in [6.07, 6.45) is 0.798. The van der Waals surface area contributed by atoms with Crippen molar-refractivity contribution in [2.45, 2.75) is 13.3 Å². The molecule has 2 aromatic rings. The molecule has 0 aliphatic heterocycles. The number of phenols is 1. The zero-order valence-electron chi connectivity index (χ0n) is 9.27. The fourth-order valence-corrected chi connectivity index (χ4v) is 1.67. The largest absolute Gasteiger partial charge is 0.508 e. The molecule has 0 heterocycles. The smallest absolute Gasteiger partial charge is 0.117 e. The summed E-state index contributed by atoms with van der Waals surface area (Å²) in [4.78, 5) is 0. The molecule has 0 amide bonds. The normalized spacial score (nSPS) is 10.3. The Kier molecular flexibility index (Phi) is 2.82. The van der Waals surface area contributed by atoms with Gasteiger partial charge < -0.3 is 10.8 Å². The Morgan fingerprint density at radius 3 is 2.38 bits per heavy atom. The summed E-state index contributed by atoms with van der Waals surface area (Å²) < 4.78 is 0. The molecule has 2 aromatic carbocycles. The first-order chi connectivity index (χ1) is 7.65. The molecule has 0 aliphatic rings. The SMILES string of the molecule is Cc1ccc(Cc2ccc(O)cc2N)cc1. The molecule has 2 rings (SSSR count). The molecule has 82 valence electrons. The van der Waals surface area contributed by atoms with E-state index in [2.05, 4.69) is 31.2 Å². The van der Waals surface area contributed by atoms with Crippen LogP contribution in [0.3, 0.4) is 0 Å². The first-order valence-corrected chi connectivity index (χ1v) is 5.28. The van der Waals surface area contributed by atoms with E-state index in [9.17, 15) is 5.11 Å². The average Bonchev–Trinajstić information content (AvgIpc) is 2.25. The quantitative estimate of drug-likeness (QED) is 0.753. The van der Waals surface area contributed by atoms with E-state index in [1.54, 1.807) is 12.1 Å². The summed E-state index contributed by atoms with van der Waals surface area (Å²) in [5.74, 6) is 0.213. The van der Waals surface area contributed by atoms with Gasteiger partial charge in [-0.15, -0.1) is 0 Å². The molecule has 0 fully saturated rings. The lowest BCUT2D eigenvalue weighted by atomic mass is 10.0. The van der Waals surface area contributed by atoms with E-state index in [0.29, 0.717) is 5.69 Å². The highest BCUT2D eigenvalue weighted by Gasteiger charge is 2.01. The summed E-state index contributed by atoms with van der Waals surface area (Å²) in [7, 11) is 0. The summed E-state index contributed by atoms with van der Waals surface area (Å²) in [5.41, 5.74) is 10.00. The van der Waals surface area contributed by atoms with Gasteiger partial charge in [0, 0.05) is 11.8 Å². The van der Waals surface area contributed by atoms with Crippen molar-refractivity contribution in [1.29, 1.82) is 0 Å². The highest BCUT2D eigenvalue weighted by molar-refractivity contribution is 5.52. The molecule has 0 atom stereocenters. The van der Waals surface area contributed by atoms with Gasteiger partial charge in [0.05, 0.1) is 0 Å². The Morgan fingerprint density at radius 2 is 1.75 bits per heavy atom. The van der Waals surface area contributed by atoms with Crippen LogP contribution in [0.25, 0.3) is 0 Å². The molecule has 0 radical (unpaired) electrons. The molecule has 16 heavy (non-hydrogen) atoms. The molecule has 0 aromatic heterocycles. The minimum absolute atomic E-state index is 0.213. The molecular weight excluding hydrogens is 198 g/mol. The van der Waals surface area contributed by atoms with E-state index in [0.717, 1.165) is 12.0 Å². The third-order valence-corrected chi connectivity index (χ3v) is 2.64. The number of anilines is 1. The Morgan fingerprint density at radius 1 is 1.06 bits per heavy atom. The minimum atomic E-state index is 0.213. The van der Waals surface area contributed by atoms with Crippen molar-refractivity contribution in [3.63, 3.8) is 0 Å². The zero-order valence-corrected chi connectivity index (χ0v) is 9.27. The Balaban J connectivity index is 2.23. The van der Waals surface area contributed by atoms with Crippen LogP contribution in [0.15, 0.2) is 42.5 Å². The lowest BCUT2D eigenvalue weighted by Gasteiger charge is -2.06. The van der Waals surface area contributed by atoms with Gasteiger partial charge in [0.25, 0.3) is 0 Å². The maximum absolute atomic E-state index is 9.26. The number of rotatable bonds is 2. The number of nitrogen functional groups attached to an aromatic ring is 1. The summed E-state index contributed by atoms with van der Waals surface area (Å²) in [6.45, 7) is 2.07.